The van der Waals surface area contributed by atoms with E-state index in [1.54, 1.807) is 17.0 Å². The molecule has 1 aliphatic heterocycles. The third-order valence-electron chi connectivity index (χ3n) is 3.64. The number of rotatable bonds is 2. The summed E-state index contributed by atoms with van der Waals surface area (Å²) in [5, 5.41) is 3.68. The van der Waals surface area contributed by atoms with Crippen LogP contribution in [-0.2, 0) is 6.54 Å². The summed E-state index contributed by atoms with van der Waals surface area (Å²) >= 11 is 0. The van der Waals surface area contributed by atoms with E-state index < -0.39 is 5.82 Å². The van der Waals surface area contributed by atoms with E-state index in [0.717, 1.165) is 25.9 Å². The SMILES string of the molecule is O=c1c2cc(F)ccc2ncn1CC1CCCNC1. The van der Waals surface area contributed by atoms with Gasteiger partial charge in [-0.2, -0.15) is 0 Å². The summed E-state index contributed by atoms with van der Waals surface area (Å²) in [6, 6.07) is 4.13. The second kappa shape index (κ2) is 5.09. The molecular formula is C14H16FN3O. The summed E-state index contributed by atoms with van der Waals surface area (Å²) in [6.07, 6.45) is 3.81. The number of benzene rings is 1. The molecule has 2 aromatic rings. The smallest absolute Gasteiger partial charge is 0.261 e. The first-order valence-electron chi connectivity index (χ1n) is 6.59. The third-order valence-corrected chi connectivity index (χ3v) is 3.64. The molecule has 0 amide bonds. The minimum absolute atomic E-state index is 0.157. The van der Waals surface area contributed by atoms with Gasteiger partial charge in [0.15, 0.2) is 0 Å². The number of nitrogens with one attached hydrogen (secondary N) is 1. The average molecular weight is 261 g/mol. The Morgan fingerprint density at radius 3 is 3.16 bits per heavy atom. The Kier molecular flexibility index (Phi) is 3.29. The van der Waals surface area contributed by atoms with E-state index in [9.17, 15) is 9.18 Å². The fourth-order valence-electron chi connectivity index (χ4n) is 2.62. The number of halogens is 1. The first-order valence-corrected chi connectivity index (χ1v) is 6.59. The van der Waals surface area contributed by atoms with Gasteiger partial charge in [0.1, 0.15) is 5.82 Å². The minimum atomic E-state index is -0.400. The van der Waals surface area contributed by atoms with Crippen molar-refractivity contribution < 1.29 is 4.39 Å². The maximum absolute atomic E-state index is 13.2. The number of fused-ring (bicyclic) bond motifs is 1. The molecule has 1 unspecified atom stereocenters. The summed E-state index contributed by atoms with van der Waals surface area (Å²) in [7, 11) is 0. The van der Waals surface area contributed by atoms with Crippen LogP contribution in [0.2, 0.25) is 0 Å². The minimum Gasteiger partial charge on any atom is -0.316 e. The largest absolute Gasteiger partial charge is 0.316 e. The van der Waals surface area contributed by atoms with Crippen LogP contribution in [-0.4, -0.2) is 22.6 Å². The lowest BCUT2D eigenvalue weighted by atomic mass is 10.00. The first-order chi connectivity index (χ1) is 9.24. The van der Waals surface area contributed by atoms with Crippen LogP contribution in [0.4, 0.5) is 4.39 Å². The zero-order valence-corrected chi connectivity index (χ0v) is 10.6. The van der Waals surface area contributed by atoms with Crippen molar-refractivity contribution in [1.82, 2.24) is 14.9 Å². The van der Waals surface area contributed by atoms with Crippen molar-refractivity contribution in [3.63, 3.8) is 0 Å². The lowest BCUT2D eigenvalue weighted by Crippen LogP contribution is -2.34. The van der Waals surface area contributed by atoms with Crippen LogP contribution in [0.5, 0.6) is 0 Å². The Bertz CT molecular complexity index is 647. The molecule has 0 aliphatic carbocycles. The monoisotopic (exact) mass is 261 g/mol. The number of piperidine rings is 1. The fraction of sp³-hybridized carbons (Fsp3) is 0.429. The van der Waals surface area contributed by atoms with Crippen LogP contribution >= 0.6 is 0 Å². The molecule has 1 aromatic heterocycles. The molecule has 0 saturated carbocycles. The van der Waals surface area contributed by atoms with Gasteiger partial charge < -0.3 is 5.32 Å². The zero-order chi connectivity index (χ0) is 13.2. The van der Waals surface area contributed by atoms with Gasteiger partial charge in [-0.1, -0.05) is 0 Å². The van der Waals surface area contributed by atoms with Crippen LogP contribution in [0.3, 0.4) is 0 Å². The molecule has 4 nitrogen and oxygen atoms in total. The van der Waals surface area contributed by atoms with Crippen LogP contribution in [0, 0.1) is 11.7 Å². The lowest BCUT2D eigenvalue weighted by Gasteiger charge is -2.23. The maximum Gasteiger partial charge on any atom is 0.261 e. The van der Waals surface area contributed by atoms with Crippen molar-refractivity contribution in [3.05, 3.63) is 40.7 Å². The quantitative estimate of drug-likeness (QED) is 0.892. The predicted octanol–water partition coefficient (Wildman–Crippen LogP) is 1.54. The molecule has 1 saturated heterocycles. The molecular weight excluding hydrogens is 245 g/mol. The Labute approximate surface area is 110 Å². The van der Waals surface area contributed by atoms with Crippen molar-refractivity contribution >= 4 is 10.9 Å². The molecule has 1 fully saturated rings. The topological polar surface area (TPSA) is 46.9 Å². The third kappa shape index (κ3) is 2.51. The van der Waals surface area contributed by atoms with E-state index in [-0.39, 0.29) is 5.56 Å². The molecule has 0 spiro atoms. The summed E-state index contributed by atoms with van der Waals surface area (Å²) in [5.74, 6) is 0.0442. The molecule has 100 valence electrons. The molecule has 3 rings (SSSR count). The number of hydrogen-bond acceptors (Lipinski definition) is 3. The van der Waals surface area contributed by atoms with Crippen LogP contribution in [0.15, 0.2) is 29.3 Å². The fourth-order valence-corrected chi connectivity index (χ4v) is 2.62. The maximum atomic E-state index is 13.2. The van der Waals surface area contributed by atoms with Crippen molar-refractivity contribution in [2.75, 3.05) is 13.1 Å². The molecule has 2 heterocycles. The number of nitrogens with zero attached hydrogens (tertiary/aromatic N) is 2. The van der Waals surface area contributed by atoms with E-state index in [0.29, 0.717) is 23.4 Å². The van der Waals surface area contributed by atoms with Crippen LogP contribution in [0.25, 0.3) is 10.9 Å². The summed E-state index contributed by atoms with van der Waals surface area (Å²) in [6.45, 7) is 2.62. The lowest BCUT2D eigenvalue weighted by molar-refractivity contribution is 0.333. The van der Waals surface area contributed by atoms with Crippen molar-refractivity contribution in [2.24, 2.45) is 5.92 Å². The van der Waals surface area contributed by atoms with E-state index in [2.05, 4.69) is 10.3 Å². The van der Waals surface area contributed by atoms with E-state index in [1.165, 1.54) is 12.1 Å². The predicted molar refractivity (Wildman–Crippen MR) is 71.6 cm³/mol. The molecule has 1 N–H and O–H groups in total. The van der Waals surface area contributed by atoms with Gasteiger partial charge in [0.25, 0.3) is 5.56 Å². The van der Waals surface area contributed by atoms with Gasteiger partial charge in [0.05, 0.1) is 17.2 Å². The Hall–Kier alpha value is -1.75. The van der Waals surface area contributed by atoms with Crippen LogP contribution < -0.4 is 10.9 Å². The zero-order valence-electron chi connectivity index (χ0n) is 10.6. The van der Waals surface area contributed by atoms with Gasteiger partial charge in [-0.25, -0.2) is 9.37 Å². The van der Waals surface area contributed by atoms with Gasteiger partial charge in [-0.3, -0.25) is 9.36 Å². The van der Waals surface area contributed by atoms with E-state index >= 15 is 0 Å². The highest BCUT2D eigenvalue weighted by Gasteiger charge is 2.15. The summed E-state index contributed by atoms with van der Waals surface area (Å²) < 4.78 is 14.8. The van der Waals surface area contributed by atoms with Gasteiger partial charge in [-0.05, 0) is 50.0 Å². The molecule has 0 radical (unpaired) electrons. The van der Waals surface area contributed by atoms with Crippen molar-refractivity contribution in [2.45, 2.75) is 19.4 Å². The molecule has 1 aliphatic rings. The van der Waals surface area contributed by atoms with Gasteiger partial charge in [0.2, 0.25) is 0 Å². The van der Waals surface area contributed by atoms with Crippen LogP contribution in [0.1, 0.15) is 12.8 Å². The van der Waals surface area contributed by atoms with Gasteiger partial charge in [-0.15, -0.1) is 0 Å². The second-order valence-corrected chi connectivity index (χ2v) is 5.08. The number of hydrogen-bond donors (Lipinski definition) is 1. The van der Waals surface area contributed by atoms with Gasteiger partial charge in [0, 0.05) is 6.54 Å². The van der Waals surface area contributed by atoms with E-state index in [4.69, 9.17) is 0 Å². The second-order valence-electron chi connectivity index (χ2n) is 5.08. The summed E-state index contributed by atoms with van der Waals surface area (Å²) in [4.78, 5) is 16.5. The summed E-state index contributed by atoms with van der Waals surface area (Å²) in [5.41, 5.74) is 0.388. The Morgan fingerprint density at radius 2 is 2.37 bits per heavy atom. The highest BCUT2D eigenvalue weighted by atomic mass is 19.1. The average Bonchev–Trinajstić information content (AvgIpc) is 2.44. The first kappa shape index (κ1) is 12.3. The van der Waals surface area contributed by atoms with Crippen molar-refractivity contribution in [3.8, 4) is 0 Å². The normalized spacial score (nSPS) is 19.7. The van der Waals surface area contributed by atoms with Crippen molar-refractivity contribution in [1.29, 1.82) is 0 Å². The molecule has 1 aromatic carbocycles. The standard InChI is InChI=1S/C14H16FN3O/c15-11-3-4-13-12(6-11)14(19)18(9-17-13)8-10-2-1-5-16-7-10/h3-4,6,9-10,16H,1-2,5,7-8H2. The highest BCUT2D eigenvalue weighted by molar-refractivity contribution is 5.77. The molecule has 19 heavy (non-hydrogen) atoms. The highest BCUT2D eigenvalue weighted by Crippen LogP contribution is 2.13. The Balaban J connectivity index is 1.95. The molecule has 0 bridgehead atoms. The van der Waals surface area contributed by atoms with Gasteiger partial charge >= 0.3 is 0 Å². The van der Waals surface area contributed by atoms with E-state index in [1.807, 2.05) is 0 Å². The Morgan fingerprint density at radius 1 is 1.47 bits per heavy atom. The molecule has 1 atom stereocenters. The molecule has 5 heteroatoms. The number of aromatic nitrogens is 2.